The van der Waals surface area contributed by atoms with Crippen LogP contribution in [0.4, 0.5) is 5.69 Å². The van der Waals surface area contributed by atoms with Crippen LogP contribution in [0.25, 0.3) is 0 Å². The van der Waals surface area contributed by atoms with Gasteiger partial charge in [-0.05, 0) is 36.6 Å². The van der Waals surface area contributed by atoms with Crippen molar-refractivity contribution in [2.45, 2.75) is 38.5 Å². The molecule has 2 N–H and O–H groups in total. The number of aryl methyl sites for hydroxylation is 1. The Labute approximate surface area is 101 Å². The maximum Gasteiger partial charge on any atom is 0.0534 e. The van der Waals surface area contributed by atoms with Crippen LogP contribution in [0.1, 0.15) is 32.3 Å². The van der Waals surface area contributed by atoms with Gasteiger partial charge in [-0.3, -0.25) is 4.21 Å². The van der Waals surface area contributed by atoms with Crippen LogP contribution in [0.15, 0.2) is 23.1 Å². The molecule has 0 aliphatic heterocycles. The van der Waals surface area contributed by atoms with E-state index in [0.717, 1.165) is 34.7 Å². The molecule has 16 heavy (non-hydrogen) atoms. The fourth-order valence-electron chi connectivity index (χ4n) is 1.85. The third-order valence-corrected chi connectivity index (χ3v) is 4.48. The maximum absolute atomic E-state index is 12.1. The van der Waals surface area contributed by atoms with Gasteiger partial charge in [-0.2, -0.15) is 0 Å². The first kappa shape index (κ1) is 13.2. The Morgan fingerprint density at radius 3 is 2.69 bits per heavy atom. The Balaban J connectivity index is 2.73. The van der Waals surface area contributed by atoms with E-state index in [2.05, 4.69) is 13.8 Å². The summed E-state index contributed by atoms with van der Waals surface area (Å²) in [5, 5.41) is 0. The van der Waals surface area contributed by atoms with E-state index in [0.29, 0.717) is 5.92 Å². The third-order valence-electron chi connectivity index (χ3n) is 2.66. The van der Waals surface area contributed by atoms with Gasteiger partial charge in [0, 0.05) is 16.3 Å². The van der Waals surface area contributed by atoms with Crippen LogP contribution in [-0.2, 0) is 10.8 Å². The normalized spacial score (nSPS) is 14.7. The van der Waals surface area contributed by atoms with Crippen molar-refractivity contribution in [3.8, 4) is 0 Å². The highest BCUT2D eigenvalue weighted by Gasteiger charge is 2.11. The lowest BCUT2D eigenvalue weighted by Crippen LogP contribution is -2.09. The largest absolute Gasteiger partial charge is 0.399 e. The van der Waals surface area contributed by atoms with Gasteiger partial charge in [-0.15, -0.1) is 0 Å². The number of anilines is 1. The van der Waals surface area contributed by atoms with Crippen molar-refractivity contribution < 1.29 is 4.21 Å². The lowest BCUT2D eigenvalue weighted by Gasteiger charge is -2.11. The third kappa shape index (κ3) is 3.63. The van der Waals surface area contributed by atoms with Crippen LogP contribution in [0.5, 0.6) is 0 Å². The molecule has 0 aromatic heterocycles. The van der Waals surface area contributed by atoms with Gasteiger partial charge >= 0.3 is 0 Å². The highest BCUT2D eigenvalue weighted by Crippen LogP contribution is 2.19. The summed E-state index contributed by atoms with van der Waals surface area (Å²) in [5.41, 5.74) is 7.44. The smallest absolute Gasteiger partial charge is 0.0534 e. The Morgan fingerprint density at radius 2 is 2.12 bits per heavy atom. The lowest BCUT2D eigenvalue weighted by molar-refractivity contribution is 0.574. The molecule has 0 fully saturated rings. The Hall–Kier alpha value is -0.830. The summed E-state index contributed by atoms with van der Waals surface area (Å²) in [6, 6.07) is 5.60. The van der Waals surface area contributed by atoms with Gasteiger partial charge in [0.25, 0.3) is 0 Å². The summed E-state index contributed by atoms with van der Waals surface area (Å²) in [4.78, 5) is 0.928. The van der Waals surface area contributed by atoms with Crippen LogP contribution in [-0.4, -0.2) is 9.96 Å². The summed E-state index contributed by atoms with van der Waals surface area (Å²) >= 11 is 0. The van der Waals surface area contributed by atoms with Crippen molar-refractivity contribution in [1.29, 1.82) is 0 Å². The minimum atomic E-state index is -0.890. The molecule has 0 saturated carbocycles. The van der Waals surface area contributed by atoms with Crippen LogP contribution in [0.3, 0.4) is 0 Å². The van der Waals surface area contributed by atoms with Crippen molar-refractivity contribution in [2.75, 3.05) is 11.5 Å². The number of benzene rings is 1. The van der Waals surface area contributed by atoms with E-state index in [-0.39, 0.29) is 0 Å². The number of nitrogens with two attached hydrogens (primary N) is 1. The van der Waals surface area contributed by atoms with Crippen molar-refractivity contribution in [1.82, 2.24) is 0 Å². The Kier molecular flexibility index (Phi) is 5.00. The lowest BCUT2D eigenvalue weighted by atomic mass is 10.1. The molecule has 1 aromatic rings. The molecule has 0 aliphatic rings. The molecule has 0 aliphatic carbocycles. The molecule has 0 amide bonds. The van der Waals surface area contributed by atoms with Crippen LogP contribution in [0, 0.1) is 12.8 Å². The van der Waals surface area contributed by atoms with Crippen molar-refractivity contribution in [3.05, 3.63) is 23.8 Å². The maximum atomic E-state index is 12.1. The second kappa shape index (κ2) is 6.04. The second-order valence-electron chi connectivity index (χ2n) is 4.43. The van der Waals surface area contributed by atoms with E-state index in [9.17, 15) is 4.21 Å². The zero-order chi connectivity index (χ0) is 12.1. The molecule has 2 atom stereocenters. The Morgan fingerprint density at radius 1 is 1.44 bits per heavy atom. The van der Waals surface area contributed by atoms with E-state index >= 15 is 0 Å². The van der Waals surface area contributed by atoms with Crippen LogP contribution in [0.2, 0.25) is 0 Å². The number of hydrogen-bond acceptors (Lipinski definition) is 2. The predicted molar refractivity (Wildman–Crippen MR) is 70.9 cm³/mol. The van der Waals surface area contributed by atoms with Crippen molar-refractivity contribution in [2.24, 2.45) is 5.92 Å². The number of nitrogen functional groups attached to an aromatic ring is 1. The Bertz CT molecular complexity index is 376. The summed E-state index contributed by atoms with van der Waals surface area (Å²) in [7, 11) is -0.890. The summed E-state index contributed by atoms with van der Waals surface area (Å²) < 4.78 is 12.1. The molecule has 0 radical (unpaired) electrons. The monoisotopic (exact) mass is 239 g/mol. The molecule has 90 valence electrons. The first-order chi connectivity index (χ1) is 7.54. The predicted octanol–water partition coefficient (Wildman–Crippen LogP) is 3.12. The zero-order valence-corrected chi connectivity index (χ0v) is 11.1. The molecule has 1 aromatic carbocycles. The number of hydrogen-bond donors (Lipinski definition) is 1. The van der Waals surface area contributed by atoms with E-state index < -0.39 is 10.8 Å². The SMILES string of the molecule is CCCC(C)CS(=O)c1ccc(N)cc1C. The quantitative estimate of drug-likeness (QED) is 0.802. The molecule has 2 unspecified atom stereocenters. The molecule has 0 bridgehead atoms. The summed E-state index contributed by atoms with van der Waals surface area (Å²) in [6.07, 6.45) is 2.29. The highest BCUT2D eigenvalue weighted by molar-refractivity contribution is 7.85. The standard InChI is InChI=1S/C13H21NOS/c1-4-5-10(2)9-16(15)13-7-6-12(14)8-11(13)3/h6-8,10H,4-5,9,14H2,1-3H3. The van der Waals surface area contributed by atoms with Crippen molar-refractivity contribution in [3.63, 3.8) is 0 Å². The second-order valence-corrected chi connectivity index (χ2v) is 5.90. The first-order valence-electron chi connectivity index (χ1n) is 5.79. The fourth-order valence-corrected chi connectivity index (χ4v) is 3.35. The average Bonchev–Trinajstić information content (AvgIpc) is 2.17. The van der Waals surface area contributed by atoms with Crippen molar-refractivity contribution >= 4 is 16.5 Å². The number of rotatable bonds is 5. The first-order valence-corrected chi connectivity index (χ1v) is 7.11. The van der Waals surface area contributed by atoms with E-state index in [4.69, 9.17) is 5.73 Å². The van der Waals surface area contributed by atoms with Gasteiger partial charge in [-0.25, -0.2) is 0 Å². The zero-order valence-electron chi connectivity index (χ0n) is 10.3. The van der Waals surface area contributed by atoms with Gasteiger partial charge < -0.3 is 5.73 Å². The van der Waals surface area contributed by atoms with E-state index in [1.165, 1.54) is 0 Å². The molecule has 3 heteroatoms. The molecule has 2 nitrogen and oxygen atoms in total. The van der Waals surface area contributed by atoms with Gasteiger partial charge in [0.1, 0.15) is 0 Å². The minimum Gasteiger partial charge on any atom is -0.399 e. The van der Waals surface area contributed by atoms with Gasteiger partial charge in [0.2, 0.25) is 0 Å². The topological polar surface area (TPSA) is 43.1 Å². The minimum absolute atomic E-state index is 0.516. The highest BCUT2D eigenvalue weighted by atomic mass is 32.2. The molecule has 0 heterocycles. The van der Waals surface area contributed by atoms with Crippen LogP contribution >= 0.6 is 0 Å². The molecule has 0 saturated heterocycles. The summed E-state index contributed by atoms with van der Waals surface area (Å²) in [5.74, 6) is 1.27. The molecule has 0 spiro atoms. The van der Waals surface area contributed by atoms with E-state index in [1.54, 1.807) is 0 Å². The van der Waals surface area contributed by atoms with E-state index in [1.807, 2.05) is 25.1 Å². The summed E-state index contributed by atoms with van der Waals surface area (Å²) in [6.45, 7) is 6.29. The molecular weight excluding hydrogens is 218 g/mol. The average molecular weight is 239 g/mol. The van der Waals surface area contributed by atoms with Gasteiger partial charge in [0.15, 0.2) is 0 Å². The van der Waals surface area contributed by atoms with Gasteiger partial charge in [-0.1, -0.05) is 26.7 Å². The fraction of sp³-hybridized carbons (Fsp3) is 0.538. The van der Waals surface area contributed by atoms with Crippen LogP contribution < -0.4 is 5.73 Å². The molecule has 1 rings (SSSR count). The van der Waals surface area contributed by atoms with Gasteiger partial charge in [0.05, 0.1) is 10.8 Å². The molecular formula is C13H21NOS.